The van der Waals surface area contributed by atoms with E-state index in [1.165, 1.54) is 24.0 Å². The molecule has 0 aromatic heterocycles. The monoisotopic (exact) mass is 168 g/mol. The third-order valence-corrected chi connectivity index (χ3v) is 2.57. The Bertz CT molecular complexity index is 187. The second-order valence-corrected chi connectivity index (χ2v) is 4.24. The first-order valence-corrected chi connectivity index (χ1v) is 4.59. The van der Waals surface area contributed by atoms with Gasteiger partial charge in [0.2, 0.25) is 0 Å². The molecule has 0 amide bonds. The van der Waals surface area contributed by atoms with Gasteiger partial charge in [0, 0.05) is 0 Å². The molecule has 0 N–H and O–H groups in total. The molecule has 1 heteroatoms. The minimum Gasteiger partial charge on any atom is -0.151 e. The van der Waals surface area contributed by atoms with E-state index in [0.29, 0.717) is 5.41 Å². The largest absolute Gasteiger partial charge is 0.151 e. The fourth-order valence-corrected chi connectivity index (χ4v) is 1.99. The average molecular weight is 168 g/mol. The Morgan fingerprint density at radius 3 is 2.18 bits per heavy atom. The molecule has 0 unspecified atom stereocenters. The van der Waals surface area contributed by atoms with E-state index in [4.69, 9.17) is 0 Å². The Balaban J connectivity index is 2.88. The summed E-state index contributed by atoms with van der Waals surface area (Å²) < 4.78 is 0. The van der Waals surface area contributed by atoms with Gasteiger partial charge in [-0.1, -0.05) is 19.9 Å². The van der Waals surface area contributed by atoms with E-state index in [2.05, 4.69) is 39.5 Å². The zero-order chi connectivity index (χ0) is 8.48. The van der Waals surface area contributed by atoms with Crippen molar-refractivity contribution in [3.05, 3.63) is 22.6 Å². The average Bonchev–Trinajstić information content (AvgIpc) is 2.25. The molecular weight excluding hydrogens is 152 g/mol. The fraction of sp³-hybridized carbons (Fsp3) is 0.600. The van der Waals surface area contributed by atoms with Crippen LogP contribution in [0.2, 0.25) is 0 Å². The van der Waals surface area contributed by atoms with Crippen LogP contribution in [0.4, 0.5) is 0 Å². The molecule has 1 fully saturated rings. The normalized spacial score (nSPS) is 30.2. The highest BCUT2D eigenvalue weighted by atomic mass is 32.1. The second-order valence-electron chi connectivity index (χ2n) is 3.99. The van der Waals surface area contributed by atoms with Gasteiger partial charge in [0.05, 0.1) is 0 Å². The molecule has 0 nitrogen and oxygen atoms in total. The summed E-state index contributed by atoms with van der Waals surface area (Å²) in [7, 11) is 0. The standard InChI is InChI=1S/C10H16S/c1-4-8-5-10(2,3)6-9(8)7-11/h4,7,11H,5-6H2,1-3H3/b8-4-,9-7-. The van der Waals surface area contributed by atoms with Crippen LogP contribution in [0.1, 0.15) is 33.6 Å². The lowest BCUT2D eigenvalue weighted by molar-refractivity contribution is 0.401. The van der Waals surface area contributed by atoms with Crippen molar-refractivity contribution in [2.24, 2.45) is 5.41 Å². The van der Waals surface area contributed by atoms with Gasteiger partial charge in [0.1, 0.15) is 0 Å². The number of rotatable bonds is 0. The van der Waals surface area contributed by atoms with Gasteiger partial charge in [0.15, 0.2) is 0 Å². The highest BCUT2D eigenvalue weighted by molar-refractivity contribution is 7.83. The third kappa shape index (κ3) is 1.90. The Labute approximate surface area is 74.8 Å². The molecule has 0 heterocycles. The zero-order valence-electron chi connectivity index (χ0n) is 7.52. The molecule has 1 aliphatic rings. The van der Waals surface area contributed by atoms with E-state index in [1.54, 1.807) is 0 Å². The van der Waals surface area contributed by atoms with E-state index in [9.17, 15) is 0 Å². The van der Waals surface area contributed by atoms with Crippen molar-refractivity contribution < 1.29 is 0 Å². The van der Waals surface area contributed by atoms with Gasteiger partial charge in [-0.05, 0) is 41.7 Å². The smallest absolute Gasteiger partial charge is 0.0216 e. The maximum absolute atomic E-state index is 4.20. The Morgan fingerprint density at radius 2 is 1.82 bits per heavy atom. The van der Waals surface area contributed by atoms with Gasteiger partial charge in [-0.25, -0.2) is 0 Å². The fourth-order valence-electron chi connectivity index (χ4n) is 1.74. The quantitative estimate of drug-likeness (QED) is 0.525. The topological polar surface area (TPSA) is 0 Å². The summed E-state index contributed by atoms with van der Waals surface area (Å²) in [6, 6.07) is 0. The maximum Gasteiger partial charge on any atom is -0.0216 e. The maximum atomic E-state index is 4.20. The van der Waals surface area contributed by atoms with Crippen molar-refractivity contribution in [1.82, 2.24) is 0 Å². The highest BCUT2D eigenvalue weighted by Gasteiger charge is 2.29. The van der Waals surface area contributed by atoms with E-state index in [1.807, 2.05) is 5.41 Å². The SMILES string of the molecule is C/C=C1/CC(C)(C)C/C1=C/S. The van der Waals surface area contributed by atoms with Crippen LogP contribution < -0.4 is 0 Å². The van der Waals surface area contributed by atoms with Gasteiger partial charge in [-0.3, -0.25) is 0 Å². The summed E-state index contributed by atoms with van der Waals surface area (Å²) in [4.78, 5) is 0. The molecule has 11 heavy (non-hydrogen) atoms. The van der Waals surface area contributed by atoms with Gasteiger partial charge in [-0.15, -0.1) is 0 Å². The van der Waals surface area contributed by atoms with E-state index < -0.39 is 0 Å². The lowest BCUT2D eigenvalue weighted by atomic mass is 9.91. The van der Waals surface area contributed by atoms with Crippen LogP contribution in [0, 0.1) is 5.41 Å². The second kappa shape index (κ2) is 3.06. The molecule has 1 aliphatic carbocycles. The van der Waals surface area contributed by atoms with Crippen LogP contribution in [0.15, 0.2) is 22.6 Å². The van der Waals surface area contributed by atoms with Crippen LogP contribution in [-0.4, -0.2) is 0 Å². The molecule has 0 atom stereocenters. The summed E-state index contributed by atoms with van der Waals surface area (Å²) in [5, 5.41) is 1.95. The predicted octanol–water partition coefficient (Wildman–Crippen LogP) is 3.57. The molecule has 0 aromatic rings. The van der Waals surface area contributed by atoms with Crippen LogP contribution >= 0.6 is 12.6 Å². The van der Waals surface area contributed by atoms with Crippen molar-refractivity contribution in [1.29, 1.82) is 0 Å². The minimum absolute atomic E-state index is 0.455. The molecule has 0 aromatic carbocycles. The Morgan fingerprint density at radius 1 is 1.27 bits per heavy atom. The summed E-state index contributed by atoms with van der Waals surface area (Å²) in [5.74, 6) is 0. The van der Waals surface area contributed by atoms with Crippen LogP contribution in [-0.2, 0) is 0 Å². The molecular formula is C10H16S. The summed E-state index contributed by atoms with van der Waals surface area (Å²) in [5.41, 5.74) is 3.35. The molecule has 0 aliphatic heterocycles. The zero-order valence-corrected chi connectivity index (χ0v) is 8.41. The van der Waals surface area contributed by atoms with Crippen molar-refractivity contribution in [2.45, 2.75) is 33.6 Å². The molecule has 0 radical (unpaired) electrons. The third-order valence-electron chi connectivity index (χ3n) is 2.25. The number of allylic oxidation sites excluding steroid dienone is 3. The van der Waals surface area contributed by atoms with Crippen molar-refractivity contribution in [3.63, 3.8) is 0 Å². The molecule has 62 valence electrons. The van der Waals surface area contributed by atoms with Gasteiger partial charge in [-0.2, -0.15) is 12.6 Å². The lowest BCUT2D eigenvalue weighted by Gasteiger charge is -2.13. The summed E-state index contributed by atoms with van der Waals surface area (Å²) in [6.07, 6.45) is 4.59. The molecule has 0 spiro atoms. The van der Waals surface area contributed by atoms with Crippen LogP contribution in [0.3, 0.4) is 0 Å². The van der Waals surface area contributed by atoms with Gasteiger partial charge >= 0.3 is 0 Å². The Hall–Kier alpha value is -0.170. The summed E-state index contributed by atoms with van der Waals surface area (Å²) in [6.45, 7) is 6.72. The van der Waals surface area contributed by atoms with Crippen molar-refractivity contribution in [2.75, 3.05) is 0 Å². The number of hydrogen-bond donors (Lipinski definition) is 1. The number of hydrogen-bond acceptors (Lipinski definition) is 1. The minimum atomic E-state index is 0.455. The molecule has 1 rings (SSSR count). The van der Waals surface area contributed by atoms with Crippen LogP contribution in [0.5, 0.6) is 0 Å². The van der Waals surface area contributed by atoms with E-state index in [0.717, 1.165) is 0 Å². The van der Waals surface area contributed by atoms with Crippen LogP contribution in [0.25, 0.3) is 0 Å². The highest BCUT2D eigenvalue weighted by Crippen LogP contribution is 2.44. The van der Waals surface area contributed by atoms with Gasteiger partial charge < -0.3 is 0 Å². The van der Waals surface area contributed by atoms with E-state index in [-0.39, 0.29) is 0 Å². The Kier molecular flexibility index (Phi) is 2.48. The van der Waals surface area contributed by atoms with Crippen molar-refractivity contribution in [3.8, 4) is 0 Å². The van der Waals surface area contributed by atoms with Crippen molar-refractivity contribution >= 4 is 12.6 Å². The first-order chi connectivity index (χ1) is 5.09. The lowest BCUT2D eigenvalue weighted by Crippen LogP contribution is -2.02. The molecule has 0 saturated heterocycles. The number of thiol groups is 1. The molecule has 0 bridgehead atoms. The first-order valence-electron chi connectivity index (χ1n) is 4.08. The molecule has 1 saturated carbocycles. The first kappa shape index (κ1) is 8.92. The van der Waals surface area contributed by atoms with E-state index >= 15 is 0 Å². The van der Waals surface area contributed by atoms with Gasteiger partial charge in [0.25, 0.3) is 0 Å². The predicted molar refractivity (Wildman–Crippen MR) is 53.8 cm³/mol. The summed E-state index contributed by atoms with van der Waals surface area (Å²) >= 11 is 4.20.